The highest BCUT2D eigenvalue weighted by Crippen LogP contribution is 2.56. The van der Waals surface area contributed by atoms with Crippen molar-refractivity contribution in [1.82, 2.24) is 4.90 Å². The van der Waals surface area contributed by atoms with Crippen molar-refractivity contribution in [3.8, 4) is 0 Å². The van der Waals surface area contributed by atoms with Gasteiger partial charge in [0.25, 0.3) is 0 Å². The third-order valence-electron chi connectivity index (χ3n) is 4.71. The third kappa shape index (κ3) is 1.22. The van der Waals surface area contributed by atoms with Crippen molar-refractivity contribution in [2.24, 2.45) is 23.7 Å². The Morgan fingerprint density at radius 2 is 1.71 bits per heavy atom. The van der Waals surface area contributed by atoms with E-state index in [2.05, 4.69) is 0 Å². The van der Waals surface area contributed by atoms with Crippen LogP contribution in [0, 0.1) is 23.7 Å². The van der Waals surface area contributed by atoms with E-state index < -0.39 is 12.0 Å². The molecule has 0 aromatic carbocycles. The number of carboxylic acid groups (broad SMARTS) is 1. The second kappa shape index (κ2) is 3.31. The van der Waals surface area contributed by atoms with Crippen LogP contribution in [0.5, 0.6) is 0 Å². The van der Waals surface area contributed by atoms with E-state index in [0.717, 1.165) is 24.2 Å². The molecular formula is C12H15NO4. The molecule has 1 saturated heterocycles. The number of likely N-dealkylation sites (tertiary alicyclic amines) is 1. The minimum atomic E-state index is -1.11. The Labute approximate surface area is 98.8 Å². The Kier molecular flexibility index (Phi) is 2.09. The van der Waals surface area contributed by atoms with Crippen LogP contribution in [0.2, 0.25) is 0 Å². The van der Waals surface area contributed by atoms with E-state index in [1.54, 1.807) is 0 Å². The van der Waals surface area contributed by atoms with E-state index in [-0.39, 0.29) is 23.7 Å². The summed E-state index contributed by atoms with van der Waals surface area (Å²) in [6, 6.07) is -1.03. The highest BCUT2D eigenvalue weighted by Gasteiger charge is 2.62. The molecule has 92 valence electrons. The van der Waals surface area contributed by atoms with Crippen molar-refractivity contribution < 1.29 is 19.5 Å². The fourth-order valence-electron chi connectivity index (χ4n) is 3.92. The van der Waals surface area contributed by atoms with Gasteiger partial charge in [-0.25, -0.2) is 4.79 Å². The van der Waals surface area contributed by atoms with Crippen LogP contribution < -0.4 is 0 Å². The summed E-state index contributed by atoms with van der Waals surface area (Å²) in [4.78, 5) is 36.3. The van der Waals surface area contributed by atoms with Crippen molar-refractivity contribution in [3.63, 3.8) is 0 Å². The lowest BCUT2D eigenvalue weighted by Crippen LogP contribution is -2.44. The summed E-state index contributed by atoms with van der Waals surface area (Å²) in [5.74, 6) is -1.42. The standard InChI is InChI=1S/C12H15NO4/c1-5(12(16)17)13-10(14)8-6-2-3-7(4-6)9(8)11(13)15/h5-9H,2-4H2,1H3,(H,16,17)/t5-,6-,7-,8-,9-/m0/s1. The predicted molar refractivity (Wildman–Crippen MR) is 56.8 cm³/mol. The molecule has 3 fully saturated rings. The number of carbonyl (C=O) groups excluding carboxylic acids is 2. The zero-order valence-corrected chi connectivity index (χ0v) is 9.63. The highest BCUT2D eigenvalue weighted by atomic mass is 16.4. The maximum atomic E-state index is 12.2. The second-order valence-electron chi connectivity index (χ2n) is 5.45. The summed E-state index contributed by atoms with van der Waals surface area (Å²) < 4.78 is 0. The molecule has 1 N–H and O–H groups in total. The van der Waals surface area contributed by atoms with Crippen molar-refractivity contribution in [2.45, 2.75) is 32.2 Å². The molecule has 5 heteroatoms. The highest BCUT2D eigenvalue weighted by molar-refractivity contribution is 6.08. The summed E-state index contributed by atoms with van der Waals surface area (Å²) in [6.07, 6.45) is 3.00. The topological polar surface area (TPSA) is 74.7 Å². The first-order valence-corrected chi connectivity index (χ1v) is 6.12. The number of hydrogen-bond donors (Lipinski definition) is 1. The average Bonchev–Trinajstić information content (AvgIpc) is 2.92. The van der Waals surface area contributed by atoms with Crippen molar-refractivity contribution >= 4 is 17.8 Å². The zero-order chi connectivity index (χ0) is 12.3. The molecule has 17 heavy (non-hydrogen) atoms. The van der Waals surface area contributed by atoms with Gasteiger partial charge in [0.1, 0.15) is 6.04 Å². The summed E-state index contributed by atoms with van der Waals surface area (Å²) in [6.45, 7) is 1.40. The van der Waals surface area contributed by atoms with Crippen LogP contribution in [0.4, 0.5) is 0 Å². The Morgan fingerprint density at radius 3 is 2.12 bits per heavy atom. The second-order valence-corrected chi connectivity index (χ2v) is 5.45. The van der Waals surface area contributed by atoms with Crippen LogP contribution >= 0.6 is 0 Å². The molecule has 0 radical (unpaired) electrons. The number of amides is 2. The van der Waals surface area contributed by atoms with Crippen LogP contribution in [-0.4, -0.2) is 33.8 Å². The van der Waals surface area contributed by atoms with E-state index in [0.29, 0.717) is 11.8 Å². The number of fused-ring (bicyclic) bond motifs is 5. The molecular weight excluding hydrogens is 222 g/mol. The van der Waals surface area contributed by atoms with Gasteiger partial charge < -0.3 is 5.11 Å². The Balaban J connectivity index is 1.93. The number of aliphatic carboxylic acids is 1. The van der Waals surface area contributed by atoms with Crippen molar-refractivity contribution in [1.29, 1.82) is 0 Å². The van der Waals surface area contributed by atoms with Crippen LogP contribution in [0.25, 0.3) is 0 Å². The van der Waals surface area contributed by atoms with Crippen molar-refractivity contribution in [2.75, 3.05) is 0 Å². The smallest absolute Gasteiger partial charge is 0.326 e. The van der Waals surface area contributed by atoms with Gasteiger partial charge in [-0.1, -0.05) is 0 Å². The first-order chi connectivity index (χ1) is 8.02. The summed E-state index contributed by atoms with van der Waals surface area (Å²) in [5, 5.41) is 8.94. The van der Waals surface area contributed by atoms with Gasteiger partial charge in [-0.3, -0.25) is 14.5 Å². The Bertz CT molecular complexity index is 391. The summed E-state index contributed by atoms with van der Waals surface area (Å²) in [5.41, 5.74) is 0. The maximum absolute atomic E-state index is 12.2. The van der Waals surface area contributed by atoms with Gasteiger partial charge in [0.2, 0.25) is 11.8 Å². The molecule has 1 aliphatic heterocycles. The normalized spacial score (nSPS) is 40.9. The molecule has 0 aromatic heterocycles. The third-order valence-corrected chi connectivity index (χ3v) is 4.71. The predicted octanol–water partition coefficient (Wildman–Crippen LogP) is 0.491. The number of rotatable bonds is 2. The van der Waals surface area contributed by atoms with Gasteiger partial charge in [-0.05, 0) is 38.0 Å². The molecule has 5 atom stereocenters. The first-order valence-electron chi connectivity index (χ1n) is 6.12. The van der Waals surface area contributed by atoms with Gasteiger partial charge in [-0.2, -0.15) is 0 Å². The van der Waals surface area contributed by atoms with Crippen LogP contribution in [0.15, 0.2) is 0 Å². The van der Waals surface area contributed by atoms with Gasteiger partial charge in [0, 0.05) is 0 Å². The molecule has 3 rings (SSSR count). The lowest BCUT2D eigenvalue weighted by Gasteiger charge is -2.20. The molecule has 5 nitrogen and oxygen atoms in total. The first kappa shape index (κ1) is 10.7. The van der Waals surface area contributed by atoms with Crippen LogP contribution in [-0.2, 0) is 14.4 Å². The molecule has 2 aliphatic carbocycles. The Morgan fingerprint density at radius 1 is 1.24 bits per heavy atom. The van der Waals surface area contributed by atoms with Gasteiger partial charge in [0.05, 0.1) is 11.8 Å². The number of imide groups is 1. The lowest BCUT2D eigenvalue weighted by molar-refractivity contribution is -0.154. The minimum Gasteiger partial charge on any atom is -0.480 e. The molecule has 0 aromatic rings. The summed E-state index contributed by atoms with van der Waals surface area (Å²) >= 11 is 0. The lowest BCUT2D eigenvalue weighted by atomic mass is 9.81. The van der Waals surface area contributed by atoms with E-state index in [9.17, 15) is 14.4 Å². The summed E-state index contributed by atoms with van der Waals surface area (Å²) in [7, 11) is 0. The maximum Gasteiger partial charge on any atom is 0.326 e. The number of carboxylic acids is 1. The zero-order valence-electron chi connectivity index (χ0n) is 9.63. The molecule has 0 unspecified atom stereocenters. The average molecular weight is 237 g/mol. The monoisotopic (exact) mass is 237 g/mol. The molecule has 2 amide bonds. The molecule has 2 bridgehead atoms. The molecule has 1 heterocycles. The van der Waals surface area contributed by atoms with Gasteiger partial charge >= 0.3 is 5.97 Å². The van der Waals surface area contributed by atoms with E-state index in [1.807, 2.05) is 0 Å². The number of nitrogens with zero attached hydrogens (tertiary/aromatic N) is 1. The van der Waals surface area contributed by atoms with Crippen LogP contribution in [0.3, 0.4) is 0 Å². The number of carbonyl (C=O) groups is 3. The van der Waals surface area contributed by atoms with E-state index >= 15 is 0 Å². The molecule has 3 aliphatic rings. The minimum absolute atomic E-state index is 0.219. The Hall–Kier alpha value is -1.39. The quantitative estimate of drug-likeness (QED) is 0.709. The van der Waals surface area contributed by atoms with E-state index in [4.69, 9.17) is 5.11 Å². The molecule has 2 saturated carbocycles. The van der Waals surface area contributed by atoms with E-state index in [1.165, 1.54) is 6.92 Å². The van der Waals surface area contributed by atoms with Crippen LogP contribution in [0.1, 0.15) is 26.2 Å². The molecule has 0 spiro atoms. The largest absolute Gasteiger partial charge is 0.480 e. The van der Waals surface area contributed by atoms with Gasteiger partial charge in [0.15, 0.2) is 0 Å². The van der Waals surface area contributed by atoms with Crippen molar-refractivity contribution in [3.05, 3.63) is 0 Å². The fraction of sp³-hybridized carbons (Fsp3) is 0.750. The van der Waals surface area contributed by atoms with Gasteiger partial charge in [-0.15, -0.1) is 0 Å². The number of hydrogen-bond acceptors (Lipinski definition) is 3. The fourth-order valence-corrected chi connectivity index (χ4v) is 3.92. The SMILES string of the molecule is C[C@@H](C(=O)O)N1C(=O)[C@H]2[C@H]3CC[C@@H](C3)[C@@H]2C1=O.